The average Bonchev–Trinajstić information content (AvgIpc) is 2.58. The number of thiophene rings is 1. The molecule has 1 aromatic heterocycles. The van der Waals surface area contributed by atoms with Crippen molar-refractivity contribution < 1.29 is 4.74 Å². The Hall–Kier alpha value is 0.1000. The van der Waals surface area contributed by atoms with Crippen LogP contribution in [-0.2, 0) is 4.74 Å². The summed E-state index contributed by atoms with van der Waals surface area (Å²) in [5, 5.41) is 7.72. The third kappa shape index (κ3) is 1.88. The highest BCUT2D eigenvalue weighted by molar-refractivity contribution is 9.10. The second kappa shape index (κ2) is 4.53. The Morgan fingerprint density at radius 1 is 1.53 bits per heavy atom. The third-order valence-corrected chi connectivity index (χ3v) is 5.13. The van der Waals surface area contributed by atoms with Crippen LogP contribution >= 0.6 is 27.3 Å². The van der Waals surface area contributed by atoms with Crippen LogP contribution in [0.3, 0.4) is 0 Å². The fourth-order valence-electron chi connectivity index (χ4n) is 2.34. The van der Waals surface area contributed by atoms with Crippen molar-refractivity contribution in [3.05, 3.63) is 20.8 Å². The van der Waals surface area contributed by atoms with Crippen LogP contribution in [0.5, 0.6) is 0 Å². The van der Waals surface area contributed by atoms with E-state index < -0.39 is 0 Å². The first-order chi connectivity index (χ1) is 7.23. The molecule has 1 saturated carbocycles. The van der Waals surface area contributed by atoms with Gasteiger partial charge in [-0.2, -0.15) is 11.3 Å². The summed E-state index contributed by atoms with van der Waals surface area (Å²) in [6, 6.07) is 0.303. The summed E-state index contributed by atoms with van der Waals surface area (Å²) in [5.74, 6) is 0. The standard InChI is InChI=1S/C11H16BrNOS/c1-13-10(8-6-15-7-9(8)12)11(14-2)4-3-5-11/h6-7,10,13H,3-5H2,1-2H3. The van der Waals surface area contributed by atoms with Gasteiger partial charge in [-0.3, -0.25) is 0 Å². The molecule has 0 radical (unpaired) electrons. The van der Waals surface area contributed by atoms with E-state index >= 15 is 0 Å². The summed E-state index contributed by atoms with van der Waals surface area (Å²) in [7, 11) is 3.83. The fourth-order valence-corrected chi connectivity index (χ4v) is 3.89. The van der Waals surface area contributed by atoms with Crippen molar-refractivity contribution in [3.63, 3.8) is 0 Å². The van der Waals surface area contributed by atoms with Gasteiger partial charge in [0.15, 0.2) is 0 Å². The zero-order chi connectivity index (χ0) is 10.9. The van der Waals surface area contributed by atoms with Crippen molar-refractivity contribution in [2.75, 3.05) is 14.2 Å². The molecule has 0 saturated heterocycles. The van der Waals surface area contributed by atoms with Crippen LogP contribution in [0.1, 0.15) is 30.9 Å². The van der Waals surface area contributed by atoms with Crippen LogP contribution in [-0.4, -0.2) is 19.8 Å². The summed E-state index contributed by atoms with van der Waals surface area (Å²) in [4.78, 5) is 0. The Kier molecular flexibility index (Phi) is 3.50. The minimum atomic E-state index is 0.0122. The predicted molar refractivity (Wildman–Crippen MR) is 67.4 cm³/mol. The first kappa shape index (κ1) is 11.6. The van der Waals surface area contributed by atoms with Crippen LogP contribution < -0.4 is 5.32 Å². The van der Waals surface area contributed by atoms with E-state index in [1.165, 1.54) is 16.5 Å². The number of methoxy groups -OCH3 is 1. The van der Waals surface area contributed by atoms with Crippen LogP contribution in [0.2, 0.25) is 0 Å². The van der Waals surface area contributed by atoms with Gasteiger partial charge >= 0.3 is 0 Å². The molecule has 1 aliphatic carbocycles. The molecule has 0 bridgehead atoms. The minimum Gasteiger partial charge on any atom is -0.376 e. The smallest absolute Gasteiger partial charge is 0.0873 e. The number of hydrogen-bond donors (Lipinski definition) is 1. The van der Waals surface area contributed by atoms with Gasteiger partial charge < -0.3 is 10.1 Å². The molecule has 1 aromatic rings. The molecule has 2 nitrogen and oxygen atoms in total. The Morgan fingerprint density at radius 3 is 2.60 bits per heavy atom. The van der Waals surface area contributed by atoms with Gasteiger partial charge in [-0.1, -0.05) is 0 Å². The first-order valence-electron chi connectivity index (χ1n) is 5.17. The molecule has 1 fully saturated rings. The highest BCUT2D eigenvalue weighted by Gasteiger charge is 2.45. The summed E-state index contributed by atoms with van der Waals surface area (Å²) >= 11 is 5.33. The molecule has 15 heavy (non-hydrogen) atoms. The number of rotatable bonds is 4. The lowest BCUT2D eigenvalue weighted by Crippen LogP contribution is -2.49. The van der Waals surface area contributed by atoms with E-state index in [9.17, 15) is 0 Å². The van der Waals surface area contributed by atoms with Gasteiger partial charge in [-0.25, -0.2) is 0 Å². The Balaban J connectivity index is 2.27. The van der Waals surface area contributed by atoms with Crippen LogP contribution in [0, 0.1) is 0 Å². The van der Waals surface area contributed by atoms with Crippen molar-refractivity contribution >= 4 is 27.3 Å². The van der Waals surface area contributed by atoms with Crippen molar-refractivity contribution in [1.82, 2.24) is 5.32 Å². The van der Waals surface area contributed by atoms with Crippen LogP contribution in [0.15, 0.2) is 15.2 Å². The molecule has 1 atom stereocenters. The van der Waals surface area contributed by atoms with Gasteiger partial charge in [0.1, 0.15) is 0 Å². The van der Waals surface area contributed by atoms with Gasteiger partial charge in [-0.15, -0.1) is 0 Å². The van der Waals surface area contributed by atoms with Crippen molar-refractivity contribution in [1.29, 1.82) is 0 Å². The van der Waals surface area contributed by atoms with Gasteiger partial charge in [0.05, 0.1) is 11.6 Å². The number of halogens is 1. The lowest BCUT2D eigenvalue weighted by atomic mass is 9.72. The first-order valence-corrected chi connectivity index (χ1v) is 6.91. The van der Waals surface area contributed by atoms with Crippen LogP contribution in [0.4, 0.5) is 0 Å². The van der Waals surface area contributed by atoms with E-state index in [-0.39, 0.29) is 5.60 Å². The Labute approximate surface area is 103 Å². The average molecular weight is 290 g/mol. The molecule has 4 heteroatoms. The largest absolute Gasteiger partial charge is 0.376 e. The zero-order valence-corrected chi connectivity index (χ0v) is 11.5. The lowest BCUT2D eigenvalue weighted by Gasteiger charge is -2.46. The molecular formula is C11H16BrNOS. The van der Waals surface area contributed by atoms with E-state index in [1.807, 2.05) is 14.2 Å². The summed E-state index contributed by atoms with van der Waals surface area (Å²) in [6.45, 7) is 0. The molecule has 0 aliphatic heterocycles. The molecular weight excluding hydrogens is 274 g/mol. The summed E-state index contributed by atoms with van der Waals surface area (Å²) in [6.07, 6.45) is 3.57. The topological polar surface area (TPSA) is 21.3 Å². The third-order valence-electron chi connectivity index (χ3n) is 3.37. The van der Waals surface area contributed by atoms with Gasteiger partial charge in [-0.05, 0) is 53.2 Å². The monoisotopic (exact) mass is 289 g/mol. The normalized spacial score (nSPS) is 21.0. The van der Waals surface area contributed by atoms with Crippen LogP contribution in [0.25, 0.3) is 0 Å². The van der Waals surface area contributed by atoms with E-state index in [0.29, 0.717) is 6.04 Å². The number of nitrogens with one attached hydrogen (secondary N) is 1. The Bertz CT molecular complexity index is 330. The summed E-state index contributed by atoms with van der Waals surface area (Å²) < 4.78 is 6.92. The lowest BCUT2D eigenvalue weighted by molar-refractivity contribution is -0.0983. The molecule has 0 amide bonds. The maximum atomic E-state index is 5.73. The number of likely N-dealkylation sites (N-methyl/N-ethyl adjacent to an activating group) is 1. The van der Waals surface area contributed by atoms with Gasteiger partial charge in [0.25, 0.3) is 0 Å². The number of hydrogen-bond acceptors (Lipinski definition) is 3. The Morgan fingerprint density at radius 2 is 2.27 bits per heavy atom. The SMILES string of the molecule is CNC(c1cscc1Br)C1(OC)CCC1. The summed E-state index contributed by atoms with van der Waals surface area (Å²) in [5.41, 5.74) is 1.34. The van der Waals surface area contributed by atoms with Crippen molar-refractivity contribution in [2.45, 2.75) is 30.9 Å². The molecule has 1 aliphatic rings. The molecule has 1 heterocycles. The van der Waals surface area contributed by atoms with Gasteiger partial charge in [0, 0.05) is 17.0 Å². The molecule has 1 unspecified atom stereocenters. The fraction of sp³-hybridized carbons (Fsp3) is 0.636. The molecule has 1 N–H and O–H groups in total. The molecule has 0 spiro atoms. The number of ether oxygens (including phenoxy) is 1. The van der Waals surface area contributed by atoms with E-state index in [2.05, 4.69) is 32.0 Å². The van der Waals surface area contributed by atoms with E-state index in [4.69, 9.17) is 4.74 Å². The predicted octanol–water partition coefficient (Wildman–Crippen LogP) is 3.34. The van der Waals surface area contributed by atoms with Gasteiger partial charge in [0.2, 0.25) is 0 Å². The van der Waals surface area contributed by atoms with Crippen molar-refractivity contribution in [3.8, 4) is 0 Å². The minimum absolute atomic E-state index is 0.0122. The second-order valence-electron chi connectivity index (χ2n) is 4.02. The van der Waals surface area contributed by atoms with Crippen molar-refractivity contribution in [2.24, 2.45) is 0 Å². The molecule has 0 aromatic carbocycles. The maximum Gasteiger partial charge on any atom is 0.0873 e. The highest BCUT2D eigenvalue weighted by atomic mass is 79.9. The second-order valence-corrected chi connectivity index (χ2v) is 5.62. The molecule has 84 valence electrons. The maximum absolute atomic E-state index is 5.73. The zero-order valence-electron chi connectivity index (χ0n) is 9.05. The molecule has 2 rings (SSSR count). The quantitative estimate of drug-likeness (QED) is 0.918. The van der Waals surface area contributed by atoms with E-state index in [1.54, 1.807) is 11.3 Å². The highest BCUT2D eigenvalue weighted by Crippen LogP contribution is 2.46. The van der Waals surface area contributed by atoms with E-state index in [0.717, 1.165) is 12.8 Å².